The van der Waals surface area contributed by atoms with Crippen LogP contribution >= 0.6 is 0 Å². The monoisotopic (exact) mass is 251 g/mol. The number of carbonyl (C=O) groups excluding carboxylic acids is 1. The Morgan fingerprint density at radius 3 is 2.67 bits per heavy atom. The average Bonchev–Trinajstić information content (AvgIpc) is 2.35. The fourth-order valence-corrected chi connectivity index (χ4v) is 1.57. The molecule has 0 saturated heterocycles. The summed E-state index contributed by atoms with van der Waals surface area (Å²) in [7, 11) is 1.64. The van der Waals surface area contributed by atoms with Crippen molar-refractivity contribution in [3.63, 3.8) is 0 Å². The number of nitrogens with one attached hydrogen (secondary N) is 1. The van der Waals surface area contributed by atoms with Gasteiger partial charge in [-0.15, -0.1) is 0 Å². The molecule has 4 heteroatoms. The first kappa shape index (κ1) is 14.5. The van der Waals surface area contributed by atoms with E-state index in [2.05, 4.69) is 5.32 Å². The lowest BCUT2D eigenvalue weighted by atomic mass is 10.1. The summed E-state index contributed by atoms with van der Waals surface area (Å²) in [5, 5.41) is 3.13. The molecule has 1 rings (SSSR count). The number of ether oxygens (including phenoxy) is 2. The van der Waals surface area contributed by atoms with E-state index >= 15 is 0 Å². The summed E-state index contributed by atoms with van der Waals surface area (Å²) >= 11 is 0. The van der Waals surface area contributed by atoms with Gasteiger partial charge in [-0.2, -0.15) is 0 Å². The third kappa shape index (κ3) is 4.75. The van der Waals surface area contributed by atoms with Crippen molar-refractivity contribution in [1.82, 2.24) is 5.32 Å². The molecule has 1 aromatic rings. The molecule has 0 bridgehead atoms. The van der Waals surface area contributed by atoms with Crippen LogP contribution in [0.4, 0.5) is 0 Å². The highest BCUT2D eigenvalue weighted by Crippen LogP contribution is 2.18. The Balaban J connectivity index is 2.49. The highest BCUT2D eigenvalue weighted by molar-refractivity contribution is 5.71. The average molecular weight is 251 g/mol. The minimum absolute atomic E-state index is 0.0693. The van der Waals surface area contributed by atoms with Crippen LogP contribution in [-0.2, 0) is 9.53 Å². The van der Waals surface area contributed by atoms with E-state index in [0.717, 1.165) is 11.3 Å². The molecule has 1 aromatic carbocycles. The van der Waals surface area contributed by atoms with Crippen molar-refractivity contribution < 1.29 is 14.3 Å². The molecule has 0 aliphatic heterocycles. The van der Waals surface area contributed by atoms with Gasteiger partial charge < -0.3 is 14.8 Å². The molecule has 0 saturated carbocycles. The Morgan fingerprint density at radius 2 is 2.06 bits per heavy atom. The predicted molar refractivity (Wildman–Crippen MR) is 70.6 cm³/mol. The van der Waals surface area contributed by atoms with Gasteiger partial charge in [-0.25, -0.2) is 0 Å². The number of carbonyl (C=O) groups is 1. The smallest absolute Gasteiger partial charge is 0.320 e. The molecule has 0 heterocycles. The summed E-state index contributed by atoms with van der Waals surface area (Å²) in [6.45, 7) is 5.88. The zero-order chi connectivity index (χ0) is 13.5. The highest BCUT2D eigenvalue weighted by atomic mass is 16.5. The van der Waals surface area contributed by atoms with Crippen molar-refractivity contribution in [2.45, 2.75) is 32.9 Å². The van der Waals surface area contributed by atoms with E-state index in [0.29, 0.717) is 0 Å². The van der Waals surface area contributed by atoms with Crippen LogP contribution in [0.1, 0.15) is 32.4 Å². The van der Waals surface area contributed by atoms with Crippen LogP contribution in [0.15, 0.2) is 24.3 Å². The number of hydrogen-bond acceptors (Lipinski definition) is 4. The molecule has 0 aromatic heterocycles. The molecule has 0 aliphatic carbocycles. The normalized spacial score (nSPS) is 12.3. The van der Waals surface area contributed by atoms with E-state index < -0.39 is 0 Å². The summed E-state index contributed by atoms with van der Waals surface area (Å²) in [5.41, 5.74) is 1.08. The fraction of sp³-hybridized carbons (Fsp3) is 0.500. The first-order valence-corrected chi connectivity index (χ1v) is 6.09. The first-order chi connectivity index (χ1) is 8.52. The number of methoxy groups -OCH3 is 1. The molecule has 0 fully saturated rings. The van der Waals surface area contributed by atoms with E-state index in [-0.39, 0.29) is 24.7 Å². The molecule has 0 unspecified atom stereocenters. The zero-order valence-corrected chi connectivity index (χ0v) is 11.4. The van der Waals surface area contributed by atoms with Gasteiger partial charge in [0.2, 0.25) is 0 Å². The van der Waals surface area contributed by atoms with Crippen molar-refractivity contribution in [1.29, 1.82) is 0 Å². The lowest BCUT2D eigenvalue weighted by molar-refractivity contribution is -0.146. The molecule has 1 atom stereocenters. The minimum Gasteiger partial charge on any atom is -0.497 e. The molecular formula is C14H21NO3. The van der Waals surface area contributed by atoms with Gasteiger partial charge in [-0.1, -0.05) is 12.1 Å². The predicted octanol–water partition coefficient (Wildman–Crippen LogP) is 2.30. The standard InChI is InChI=1S/C14H21NO3/c1-10(2)18-14(16)9-15-11(3)12-6-5-7-13(8-12)17-4/h5-8,10-11,15H,9H2,1-4H3/t11-/m1/s1. The number of rotatable bonds is 6. The Kier molecular flexibility index (Phi) is 5.65. The van der Waals surface area contributed by atoms with Crippen molar-refractivity contribution in [2.24, 2.45) is 0 Å². The fourth-order valence-electron chi connectivity index (χ4n) is 1.57. The van der Waals surface area contributed by atoms with Gasteiger partial charge in [0.05, 0.1) is 19.8 Å². The summed E-state index contributed by atoms with van der Waals surface area (Å²) in [6.07, 6.45) is -0.0774. The molecule has 1 N–H and O–H groups in total. The van der Waals surface area contributed by atoms with Crippen LogP contribution in [-0.4, -0.2) is 25.7 Å². The minimum atomic E-state index is -0.236. The maximum atomic E-state index is 11.4. The molecular weight excluding hydrogens is 230 g/mol. The topological polar surface area (TPSA) is 47.6 Å². The summed E-state index contributed by atoms with van der Waals surface area (Å²) in [5.74, 6) is 0.575. The van der Waals surface area contributed by atoms with Crippen LogP contribution in [0.5, 0.6) is 5.75 Å². The maximum absolute atomic E-state index is 11.4. The molecule has 0 spiro atoms. The summed E-state index contributed by atoms with van der Waals surface area (Å²) < 4.78 is 10.2. The van der Waals surface area contributed by atoms with E-state index in [1.165, 1.54) is 0 Å². The van der Waals surface area contributed by atoms with Gasteiger partial charge >= 0.3 is 5.97 Å². The maximum Gasteiger partial charge on any atom is 0.320 e. The molecule has 4 nitrogen and oxygen atoms in total. The van der Waals surface area contributed by atoms with Crippen LogP contribution < -0.4 is 10.1 Å². The van der Waals surface area contributed by atoms with Crippen LogP contribution in [0, 0.1) is 0 Å². The number of benzene rings is 1. The Hall–Kier alpha value is -1.55. The lowest BCUT2D eigenvalue weighted by Gasteiger charge is -2.15. The third-order valence-corrected chi connectivity index (χ3v) is 2.51. The highest BCUT2D eigenvalue weighted by Gasteiger charge is 2.10. The molecule has 0 amide bonds. The largest absolute Gasteiger partial charge is 0.497 e. The van der Waals surface area contributed by atoms with Crippen LogP contribution in [0.2, 0.25) is 0 Å². The van der Waals surface area contributed by atoms with Gasteiger partial charge in [0, 0.05) is 6.04 Å². The van der Waals surface area contributed by atoms with Gasteiger partial charge in [-0.3, -0.25) is 4.79 Å². The van der Waals surface area contributed by atoms with Gasteiger partial charge in [0.15, 0.2) is 0 Å². The zero-order valence-electron chi connectivity index (χ0n) is 11.4. The van der Waals surface area contributed by atoms with Gasteiger partial charge in [-0.05, 0) is 38.5 Å². The molecule has 18 heavy (non-hydrogen) atoms. The first-order valence-electron chi connectivity index (χ1n) is 6.09. The SMILES string of the molecule is COc1cccc([C@@H](C)NCC(=O)OC(C)C)c1. The van der Waals surface area contributed by atoms with Crippen molar-refractivity contribution in [3.8, 4) is 5.75 Å². The second-order valence-corrected chi connectivity index (χ2v) is 4.42. The Bertz CT molecular complexity index is 390. The lowest BCUT2D eigenvalue weighted by Crippen LogP contribution is -2.28. The van der Waals surface area contributed by atoms with Crippen molar-refractivity contribution >= 4 is 5.97 Å². The van der Waals surface area contributed by atoms with Crippen LogP contribution in [0.25, 0.3) is 0 Å². The van der Waals surface area contributed by atoms with E-state index in [9.17, 15) is 4.79 Å². The number of esters is 1. The molecule has 0 aliphatic rings. The summed E-state index contributed by atoms with van der Waals surface area (Å²) in [6, 6.07) is 7.83. The second-order valence-electron chi connectivity index (χ2n) is 4.42. The third-order valence-electron chi connectivity index (χ3n) is 2.51. The molecule has 100 valence electrons. The van der Waals surface area contributed by atoms with E-state index in [1.54, 1.807) is 7.11 Å². The van der Waals surface area contributed by atoms with E-state index in [4.69, 9.17) is 9.47 Å². The van der Waals surface area contributed by atoms with Crippen LogP contribution in [0.3, 0.4) is 0 Å². The summed E-state index contributed by atoms with van der Waals surface area (Å²) in [4.78, 5) is 11.4. The second kappa shape index (κ2) is 7.01. The number of hydrogen-bond donors (Lipinski definition) is 1. The molecule has 0 radical (unpaired) electrons. The Labute approximate surface area is 108 Å². The van der Waals surface area contributed by atoms with Gasteiger partial charge in [0.25, 0.3) is 0 Å². The van der Waals surface area contributed by atoms with E-state index in [1.807, 2.05) is 45.0 Å². The quantitative estimate of drug-likeness (QED) is 0.788. The van der Waals surface area contributed by atoms with Crippen molar-refractivity contribution in [2.75, 3.05) is 13.7 Å². The van der Waals surface area contributed by atoms with Gasteiger partial charge in [0.1, 0.15) is 5.75 Å². The van der Waals surface area contributed by atoms with Crippen molar-refractivity contribution in [3.05, 3.63) is 29.8 Å². The Morgan fingerprint density at radius 1 is 1.33 bits per heavy atom.